The van der Waals surface area contributed by atoms with Crippen LogP contribution in [0.3, 0.4) is 0 Å². The standard InChI is InChI=1S/C48H37N3O2/c1-2-12-32-13-3-7-19-38(32)42(46-39-20-8-4-15-34(39)24-27-44(46)52)31-49-29-36-17-11-18-37(51-36)30-50-43-26-23-33-14-5-9-21-40(33)47(43)48-41-22-10-6-16-35(41)25-28-45(48)53/h2-14,16-31,34,52-53H,15H2,1H3/b12-2-,42-31-,49-29?,50-30?. The van der Waals surface area contributed by atoms with Gasteiger partial charge in [-0.2, -0.15) is 0 Å². The molecule has 5 nitrogen and oxygen atoms in total. The summed E-state index contributed by atoms with van der Waals surface area (Å²) in [5.41, 5.74) is 8.38. The number of benzene rings is 5. The van der Waals surface area contributed by atoms with E-state index in [9.17, 15) is 10.2 Å². The van der Waals surface area contributed by atoms with Crippen LogP contribution in [0.4, 0.5) is 5.69 Å². The fraction of sp³-hybridized carbons (Fsp3) is 0.0625. The number of phenols is 1. The van der Waals surface area contributed by atoms with Crippen LogP contribution in [0, 0.1) is 5.92 Å². The Morgan fingerprint density at radius 3 is 2.28 bits per heavy atom. The molecule has 0 saturated heterocycles. The lowest BCUT2D eigenvalue weighted by Crippen LogP contribution is -2.13. The Hall–Kier alpha value is -6.85. The maximum absolute atomic E-state index is 11.3. The number of pyridine rings is 1. The van der Waals surface area contributed by atoms with Crippen LogP contribution in [0.1, 0.15) is 35.9 Å². The van der Waals surface area contributed by atoms with E-state index >= 15 is 0 Å². The van der Waals surface area contributed by atoms with E-state index in [0.717, 1.165) is 72.6 Å². The largest absolute Gasteiger partial charge is 0.507 e. The van der Waals surface area contributed by atoms with Gasteiger partial charge in [-0.15, -0.1) is 0 Å². The summed E-state index contributed by atoms with van der Waals surface area (Å²) in [6.45, 7) is 2.00. The highest BCUT2D eigenvalue weighted by molar-refractivity contribution is 6.11. The van der Waals surface area contributed by atoms with Crippen LogP contribution >= 0.6 is 0 Å². The smallest absolute Gasteiger partial charge is 0.124 e. The number of hydrogen-bond acceptors (Lipinski definition) is 5. The van der Waals surface area contributed by atoms with E-state index in [1.165, 1.54) is 0 Å². The van der Waals surface area contributed by atoms with Crippen LogP contribution in [-0.2, 0) is 0 Å². The van der Waals surface area contributed by atoms with Gasteiger partial charge in [0.05, 0.1) is 29.5 Å². The summed E-state index contributed by atoms with van der Waals surface area (Å²) in [6, 6.07) is 37.9. The zero-order valence-electron chi connectivity index (χ0n) is 29.3. The van der Waals surface area contributed by atoms with Crippen molar-refractivity contribution in [3.05, 3.63) is 197 Å². The van der Waals surface area contributed by atoms with Gasteiger partial charge in [-0.05, 0) is 81.9 Å². The minimum absolute atomic E-state index is 0.192. The van der Waals surface area contributed by atoms with Crippen LogP contribution in [-0.4, -0.2) is 27.6 Å². The van der Waals surface area contributed by atoms with Crippen molar-refractivity contribution in [2.75, 3.05) is 0 Å². The minimum Gasteiger partial charge on any atom is -0.507 e. The van der Waals surface area contributed by atoms with E-state index in [1.54, 1.807) is 24.6 Å². The van der Waals surface area contributed by atoms with Gasteiger partial charge in [0.25, 0.3) is 0 Å². The Bertz CT molecular complexity index is 2630. The minimum atomic E-state index is 0.192. The highest BCUT2D eigenvalue weighted by atomic mass is 16.3. The molecule has 0 saturated carbocycles. The number of hydrogen-bond donors (Lipinski definition) is 2. The number of fused-ring (bicyclic) bond motifs is 3. The Kier molecular flexibility index (Phi) is 9.29. The van der Waals surface area contributed by atoms with Gasteiger partial charge >= 0.3 is 0 Å². The van der Waals surface area contributed by atoms with Crippen molar-refractivity contribution in [3.63, 3.8) is 0 Å². The molecule has 0 aliphatic heterocycles. The van der Waals surface area contributed by atoms with Crippen molar-refractivity contribution in [3.8, 4) is 16.9 Å². The molecule has 5 aromatic carbocycles. The van der Waals surface area contributed by atoms with E-state index in [0.29, 0.717) is 11.4 Å². The van der Waals surface area contributed by atoms with Crippen molar-refractivity contribution in [1.82, 2.24) is 4.98 Å². The second kappa shape index (κ2) is 14.8. The molecule has 1 unspecified atom stereocenters. The first-order valence-corrected chi connectivity index (χ1v) is 17.8. The number of aliphatic imine (C=N–C) groups is 2. The van der Waals surface area contributed by atoms with Gasteiger partial charge in [-0.1, -0.05) is 127 Å². The molecule has 0 radical (unpaired) electrons. The molecule has 0 amide bonds. The van der Waals surface area contributed by atoms with Gasteiger partial charge in [0.15, 0.2) is 0 Å². The number of allylic oxidation sites excluding steroid dienone is 9. The molecule has 5 heteroatoms. The van der Waals surface area contributed by atoms with Crippen molar-refractivity contribution < 1.29 is 10.2 Å². The van der Waals surface area contributed by atoms with Crippen LogP contribution in [0.25, 0.3) is 44.3 Å². The average Bonchev–Trinajstić information content (AvgIpc) is 3.20. The van der Waals surface area contributed by atoms with E-state index in [2.05, 4.69) is 66.8 Å². The van der Waals surface area contributed by atoms with Crippen molar-refractivity contribution in [1.29, 1.82) is 0 Å². The average molecular weight is 688 g/mol. The van der Waals surface area contributed by atoms with Crippen molar-refractivity contribution in [2.45, 2.75) is 13.3 Å². The zero-order chi connectivity index (χ0) is 36.1. The maximum Gasteiger partial charge on any atom is 0.124 e. The van der Waals surface area contributed by atoms with E-state index < -0.39 is 0 Å². The summed E-state index contributed by atoms with van der Waals surface area (Å²) in [6.07, 6.45) is 20.4. The third kappa shape index (κ3) is 6.68. The summed E-state index contributed by atoms with van der Waals surface area (Å²) < 4.78 is 0. The van der Waals surface area contributed by atoms with E-state index in [-0.39, 0.29) is 17.4 Å². The molecule has 0 bridgehead atoms. The third-order valence-corrected chi connectivity index (χ3v) is 9.70. The third-order valence-electron chi connectivity index (χ3n) is 9.70. The number of aliphatic hydroxyl groups excluding tert-OH is 1. The quantitative estimate of drug-likeness (QED) is 0.156. The molecule has 2 aliphatic carbocycles. The SMILES string of the molecule is C/C=C\c1ccccc1/C(=C/N=Cc1cccc(C=Nc2ccc3ccccc3c2-c2c(O)ccc3ccccc23)n1)C1=C(O)C=CC2CC=CC=C12. The second-order valence-corrected chi connectivity index (χ2v) is 13.0. The molecular weight excluding hydrogens is 651 g/mol. The monoisotopic (exact) mass is 687 g/mol. The van der Waals surface area contributed by atoms with Gasteiger partial charge in [0.1, 0.15) is 11.5 Å². The summed E-state index contributed by atoms with van der Waals surface area (Å²) in [5, 5.41) is 26.6. The maximum atomic E-state index is 11.3. The first-order chi connectivity index (χ1) is 26.1. The Morgan fingerprint density at radius 1 is 0.755 bits per heavy atom. The first kappa shape index (κ1) is 33.3. The fourth-order valence-electron chi connectivity index (χ4n) is 7.26. The Morgan fingerprint density at radius 2 is 1.47 bits per heavy atom. The van der Waals surface area contributed by atoms with Crippen molar-refractivity contribution in [2.24, 2.45) is 15.9 Å². The van der Waals surface area contributed by atoms with Gasteiger partial charge in [-0.3, -0.25) is 9.98 Å². The highest BCUT2D eigenvalue weighted by Gasteiger charge is 2.27. The molecule has 1 aromatic heterocycles. The van der Waals surface area contributed by atoms with E-state index in [4.69, 9.17) is 15.0 Å². The normalized spacial score (nSPS) is 16.1. The second-order valence-electron chi connectivity index (χ2n) is 13.0. The predicted octanol–water partition coefficient (Wildman–Crippen LogP) is 11.9. The van der Waals surface area contributed by atoms with Crippen LogP contribution in [0.2, 0.25) is 0 Å². The lowest BCUT2D eigenvalue weighted by molar-refractivity contribution is 0.424. The summed E-state index contributed by atoms with van der Waals surface area (Å²) in [4.78, 5) is 14.6. The van der Waals surface area contributed by atoms with E-state index in [1.807, 2.05) is 92.0 Å². The van der Waals surface area contributed by atoms with Crippen molar-refractivity contribution >= 4 is 51.3 Å². The molecule has 2 aliphatic rings. The number of aromatic nitrogens is 1. The predicted molar refractivity (Wildman–Crippen MR) is 221 cm³/mol. The molecule has 0 spiro atoms. The molecule has 53 heavy (non-hydrogen) atoms. The summed E-state index contributed by atoms with van der Waals surface area (Å²) in [7, 11) is 0. The van der Waals surface area contributed by atoms with Gasteiger partial charge < -0.3 is 10.2 Å². The number of aromatic hydroxyl groups is 1. The van der Waals surface area contributed by atoms with Crippen LogP contribution in [0.15, 0.2) is 185 Å². The molecule has 6 aromatic rings. The molecule has 1 atom stereocenters. The lowest BCUT2D eigenvalue weighted by Gasteiger charge is -2.27. The number of nitrogens with zero attached hydrogens (tertiary/aromatic N) is 3. The highest BCUT2D eigenvalue weighted by Crippen LogP contribution is 2.45. The molecule has 2 N–H and O–H groups in total. The lowest BCUT2D eigenvalue weighted by atomic mass is 9.78. The van der Waals surface area contributed by atoms with Crippen LogP contribution < -0.4 is 0 Å². The molecular formula is C48H37N3O2. The summed E-state index contributed by atoms with van der Waals surface area (Å²) in [5.74, 6) is 0.618. The number of phenolic OH excluding ortho intramolecular Hbond substituents is 1. The zero-order valence-corrected chi connectivity index (χ0v) is 29.3. The molecule has 8 rings (SSSR count). The Balaban J connectivity index is 1.17. The van der Waals surface area contributed by atoms with Gasteiger partial charge in [0, 0.05) is 34.4 Å². The Labute approximate surface area is 309 Å². The summed E-state index contributed by atoms with van der Waals surface area (Å²) >= 11 is 0. The molecule has 0 fully saturated rings. The molecule has 1 heterocycles. The number of rotatable bonds is 8. The van der Waals surface area contributed by atoms with Gasteiger partial charge in [0.2, 0.25) is 0 Å². The van der Waals surface area contributed by atoms with Crippen LogP contribution in [0.5, 0.6) is 5.75 Å². The molecule has 256 valence electrons. The fourth-order valence-corrected chi connectivity index (χ4v) is 7.26. The topological polar surface area (TPSA) is 78.1 Å². The number of aliphatic hydroxyl groups is 1. The first-order valence-electron chi connectivity index (χ1n) is 17.8. The van der Waals surface area contributed by atoms with Gasteiger partial charge in [-0.25, -0.2) is 4.98 Å².